The average molecular weight is 405 g/mol. The molecule has 0 unspecified atom stereocenters. The number of halogens is 1. The van der Waals surface area contributed by atoms with Gasteiger partial charge in [-0.3, -0.25) is 0 Å². The lowest BCUT2D eigenvalue weighted by Crippen LogP contribution is -1.99. The molecule has 0 saturated carbocycles. The number of pyridine rings is 2. The zero-order valence-corrected chi connectivity index (χ0v) is 16.3. The first-order valence-electron chi connectivity index (χ1n) is 9.28. The van der Waals surface area contributed by atoms with Crippen LogP contribution in [0, 0.1) is 12.7 Å². The first kappa shape index (κ1) is 19.4. The molecule has 0 aliphatic carbocycles. The van der Waals surface area contributed by atoms with Crippen LogP contribution in [0.1, 0.15) is 22.4 Å². The molecule has 0 radical (unpaired) electrons. The molecular weight excluding hydrogens is 385 g/mol. The molecule has 7 nitrogen and oxygen atoms in total. The lowest BCUT2D eigenvalue weighted by atomic mass is 10.1. The van der Waals surface area contributed by atoms with E-state index in [1.807, 2.05) is 12.1 Å². The molecule has 4 aromatic rings. The van der Waals surface area contributed by atoms with Crippen molar-refractivity contribution >= 4 is 11.6 Å². The van der Waals surface area contributed by atoms with Crippen LogP contribution < -0.4 is 16.2 Å². The highest BCUT2D eigenvalue weighted by Gasteiger charge is 2.12. The zero-order chi connectivity index (χ0) is 21.1. The Hall–Kier alpha value is -3.94. The molecule has 1 aromatic carbocycles. The van der Waals surface area contributed by atoms with Gasteiger partial charge in [-0.15, -0.1) is 0 Å². The molecule has 3 heterocycles. The number of rotatable bonds is 6. The van der Waals surface area contributed by atoms with Crippen LogP contribution in [0.4, 0.5) is 16.0 Å². The summed E-state index contributed by atoms with van der Waals surface area (Å²) in [6.07, 6.45) is 2.24. The SMILES string of the molecule is Cc1ccc(COc2ccc(Cc3cc(-c4ccc(N)nc4N)on3)cn2)cc1F. The standard InChI is InChI=1S/C22H20FN5O2/c1-13-2-3-15(9-18(13)23)12-29-21-7-4-14(11-26-21)8-16-10-19(30-28-16)17-5-6-20(24)27-22(17)25/h2-7,9-11H,8,12H2,1H3,(H4,24,25,27). The number of hydrogen-bond donors (Lipinski definition) is 2. The van der Waals surface area contributed by atoms with E-state index in [2.05, 4.69) is 15.1 Å². The highest BCUT2D eigenvalue weighted by atomic mass is 19.1. The van der Waals surface area contributed by atoms with E-state index in [4.69, 9.17) is 20.7 Å². The van der Waals surface area contributed by atoms with Crippen LogP contribution in [0.15, 0.2) is 59.3 Å². The van der Waals surface area contributed by atoms with Crippen molar-refractivity contribution in [2.45, 2.75) is 20.0 Å². The normalized spacial score (nSPS) is 10.9. The van der Waals surface area contributed by atoms with Gasteiger partial charge in [-0.2, -0.15) is 0 Å². The molecule has 0 spiro atoms. The molecule has 8 heteroatoms. The molecule has 0 aliphatic rings. The van der Waals surface area contributed by atoms with E-state index < -0.39 is 0 Å². The Morgan fingerprint density at radius 1 is 1.03 bits per heavy atom. The van der Waals surface area contributed by atoms with Gasteiger partial charge in [-0.25, -0.2) is 14.4 Å². The molecule has 3 aromatic heterocycles. The molecule has 4 N–H and O–H groups in total. The summed E-state index contributed by atoms with van der Waals surface area (Å²) in [5.41, 5.74) is 15.2. The van der Waals surface area contributed by atoms with Gasteiger partial charge < -0.3 is 20.7 Å². The van der Waals surface area contributed by atoms with Gasteiger partial charge in [0.2, 0.25) is 5.88 Å². The molecule has 0 aliphatic heterocycles. The summed E-state index contributed by atoms with van der Waals surface area (Å²) in [4.78, 5) is 8.32. The summed E-state index contributed by atoms with van der Waals surface area (Å²) in [7, 11) is 0. The van der Waals surface area contributed by atoms with Gasteiger partial charge in [0, 0.05) is 24.8 Å². The third kappa shape index (κ3) is 4.38. The highest BCUT2D eigenvalue weighted by molar-refractivity contribution is 5.71. The van der Waals surface area contributed by atoms with Gasteiger partial charge in [0.05, 0.1) is 11.3 Å². The van der Waals surface area contributed by atoms with E-state index in [9.17, 15) is 4.39 Å². The van der Waals surface area contributed by atoms with Crippen molar-refractivity contribution in [1.82, 2.24) is 15.1 Å². The fourth-order valence-corrected chi connectivity index (χ4v) is 2.91. The number of benzene rings is 1. The predicted octanol–water partition coefficient (Wildman–Crippen LogP) is 3.91. The topological polar surface area (TPSA) is 113 Å². The molecule has 30 heavy (non-hydrogen) atoms. The number of anilines is 2. The minimum atomic E-state index is -0.247. The van der Waals surface area contributed by atoms with Crippen LogP contribution in [-0.2, 0) is 13.0 Å². The first-order chi connectivity index (χ1) is 14.5. The minimum Gasteiger partial charge on any atom is -0.473 e. The third-order valence-electron chi connectivity index (χ3n) is 4.58. The quantitative estimate of drug-likeness (QED) is 0.500. The number of nitrogens with zero attached hydrogens (tertiary/aromatic N) is 3. The Bertz CT molecular complexity index is 1170. The summed E-state index contributed by atoms with van der Waals surface area (Å²) >= 11 is 0. The van der Waals surface area contributed by atoms with E-state index >= 15 is 0 Å². The van der Waals surface area contributed by atoms with E-state index in [0.29, 0.717) is 35.0 Å². The van der Waals surface area contributed by atoms with Crippen LogP contribution in [0.2, 0.25) is 0 Å². The summed E-state index contributed by atoms with van der Waals surface area (Å²) in [5.74, 6) is 1.36. The van der Waals surface area contributed by atoms with Crippen molar-refractivity contribution in [2.75, 3.05) is 11.5 Å². The Morgan fingerprint density at radius 2 is 1.87 bits per heavy atom. The van der Waals surface area contributed by atoms with Gasteiger partial charge in [-0.1, -0.05) is 23.4 Å². The van der Waals surface area contributed by atoms with Crippen molar-refractivity contribution in [3.8, 4) is 17.2 Å². The largest absolute Gasteiger partial charge is 0.473 e. The van der Waals surface area contributed by atoms with Gasteiger partial charge in [0.25, 0.3) is 0 Å². The smallest absolute Gasteiger partial charge is 0.213 e. The van der Waals surface area contributed by atoms with Crippen molar-refractivity contribution in [3.05, 3.63) is 82.9 Å². The van der Waals surface area contributed by atoms with E-state index in [0.717, 1.165) is 16.8 Å². The second-order valence-corrected chi connectivity index (χ2v) is 6.91. The second-order valence-electron chi connectivity index (χ2n) is 6.91. The number of nitrogen functional groups attached to an aromatic ring is 2. The van der Waals surface area contributed by atoms with Gasteiger partial charge in [0.15, 0.2) is 5.76 Å². The molecule has 0 amide bonds. The first-order valence-corrected chi connectivity index (χ1v) is 9.28. The predicted molar refractivity (Wildman–Crippen MR) is 111 cm³/mol. The maximum absolute atomic E-state index is 13.6. The molecule has 152 valence electrons. The van der Waals surface area contributed by atoms with E-state index in [1.54, 1.807) is 43.5 Å². The summed E-state index contributed by atoms with van der Waals surface area (Å²) in [6, 6.07) is 13.9. The molecule has 0 atom stereocenters. The van der Waals surface area contributed by atoms with E-state index in [1.165, 1.54) is 6.07 Å². The Morgan fingerprint density at radius 3 is 2.60 bits per heavy atom. The van der Waals surface area contributed by atoms with Crippen LogP contribution in [-0.4, -0.2) is 15.1 Å². The van der Waals surface area contributed by atoms with Crippen molar-refractivity contribution in [1.29, 1.82) is 0 Å². The van der Waals surface area contributed by atoms with Gasteiger partial charge in [0.1, 0.15) is 24.1 Å². The zero-order valence-electron chi connectivity index (χ0n) is 16.3. The van der Waals surface area contributed by atoms with E-state index in [-0.39, 0.29) is 18.2 Å². The van der Waals surface area contributed by atoms with Crippen molar-refractivity contribution < 1.29 is 13.7 Å². The lowest BCUT2D eigenvalue weighted by Gasteiger charge is -2.07. The maximum atomic E-state index is 13.6. The maximum Gasteiger partial charge on any atom is 0.213 e. The fourth-order valence-electron chi connectivity index (χ4n) is 2.91. The molecule has 0 fully saturated rings. The third-order valence-corrected chi connectivity index (χ3v) is 4.58. The Balaban J connectivity index is 1.39. The highest BCUT2D eigenvalue weighted by Crippen LogP contribution is 2.26. The molecule has 0 bridgehead atoms. The summed E-state index contributed by atoms with van der Waals surface area (Å²) in [6.45, 7) is 1.97. The van der Waals surface area contributed by atoms with Crippen molar-refractivity contribution in [2.24, 2.45) is 0 Å². The van der Waals surface area contributed by atoms with Gasteiger partial charge in [-0.05, 0) is 41.8 Å². The van der Waals surface area contributed by atoms with Crippen LogP contribution in [0.5, 0.6) is 5.88 Å². The molecule has 4 rings (SSSR count). The summed E-state index contributed by atoms with van der Waals surface area (Å²) in [5, 5.41) is 4.08. The lowest BCUT2D eigenvalue weighted by molar-refractivity contribution is 0.293. The number of aryl methyl sites for hydroxylation is 1. The van der Waals surface area contributed by atoms with Crippen LogP contribution in [0.25, 0.3) is 11.3 Å². The minimum absolute atomic E-state index is 0.243. The number of hydrogen-bond acceptors (Lipinski definition) is 7. The number of aromatic nitrogens is 3. The van der Waals surface area contributed by atoms with Crippen molar-refractivity contribution in [3.63, 3.8) is 0 Å². The number of nitrogens with two attached hydrogens (primary N) is 2. The molecular formula is C22H20FN5O2. The Kier molecular flexibility index (Phi) is 5.30. The second kappa shape index (κ2) is 8.20. The summed E-state index contributed by atoms with van der Waals surface area (Å²) < 4.78 is 24.6. The average Bonchev–Trinajstić information content (AvgIpc) is 3.18. The number of ether oxygens (including phenoxy) is 1. The van der Waals surface area contributed by atoms with Gasteiger partial charge >= 0.3 is 0 Å². The van der Waals surface area contributed by atoms with Crippen LogP contribution >= 0.6 is 0 Å². The molecule has 0 saturated heterocycles. The Labute approximate surface area is 172 Å². The van der Waals surface area contributed by atoms with Crippen LogP contribution in [0.3, 0.4) is 0 Å². The fraction of sp³-hybridized carbons (Fsp3) is 0.136. The monoisotopic (exact) mass is 405 g/mol.